The topological polar surface area (TPSA) is 67.9 Å². The van der Waals surface area contributed by atoms with Crippen LogP contribution < -0.4 is 14.8 Å². The Morgan fingerprint density at radius 2 is 1.60 bits per heavy atom. The maximum absolute atomic E-state index is 12.5. The lowest BCUT2D eigenvalue weighted by Gasteiger charge is -2.13. The van der Waals surface area contributed by atoms with Gasteiger partial charge in [-0.15, -0.1) is 0 Å². The molecule has 2 aromatic rings. The maximum Gasteiger partial charge on any atom is 0.255 e. The fourth-order valence-electron chi connectivity index (χ4n) is 2.15. The van der Waals surface area contributed by atoms with Crippen LogP contribution in [0.4, 0.5) is 5.69 Å². The quantitative estimate of drug-likeness (QED) is 0.886. The Labute approximate surface area is 151 Å². The van der Waals surface area contributed by atoms with Crippen LogP contribution >= 0.6 is 11.6 Å². The molecule has 0 saturated carbocycles. The predicted molar refractivity (Wildman–Crippen MR) is 97.0 cm³/mol. The summed E-state index contributed by atoms with van der Waals surface area (Å²) in [5.74, 6) is 0.403. The molecule has 0 aliphatic carbocycles. The lowest BCUT2D eigenvalue weighted by Crippen LogP contribution is -2.22. The zero-order chi connectivity index (χ0) is 18.6. The maximum atomic E-state index is 12.5. The van der Waals surface area contributed by atoms with Gasteiger partial charge < -0.3 is 19.7 Å². The van der Waals surface area contributed by atoms with Crippen LogP contribution in [0.2, 0.25) is 5.02 Å². The highest BCUT2D eigenvalue weighted by molar-refractivity contribution is 6.34. The summed E-state index contributed by atoms with van der Waals surface area (Å²) in [5.41, 5.74) is 1.14. The van der Waals surface area contributed by atoms with Gasteiger partial charge in [-0.05, 0) is 30.3 Å². The van der Waals surface area contributed by atoms with E-state index in [2.05, 4.69) is 5.32 Å². The number of anilines is 1. The van der Waals surface area contributed by atoms with Crippen molar-refractivity contribution in [3.05, 3.63) is 52.5 Å². The van der Waals surface area contributed by atoms with E-state index in [1.165, 1.54) is 19.1 Å². The summed E-state index contributed by atoms with van der Waals surface area (Å²) in [7, 11) is 6.28. The number of methoxy groups -OCH3 is 2. The van der Waals surface area contributed by atoms with Gasteiger partial charge in [-0.25, -0.2) is 0 Å². The van der Waals surface area contributed by atoms with Gasteiger partial charge in [-0.2, -0.15) is 0 Å². The van der Waals surface area contributed by atoms with Crippen molar-refractivity contribution in [2.75, 3.05) is 33.6 Å². The summed E-state index contributed by atoms with van der Waals surface area (Å²) >= 11 is 6.07. The normalized spacial score (nSPS) is 10.1. The van der Waals surface area contributed by atoms with Crippen LogP contribution in [0.3, 0.4) is 0 Å². The first kappa shape index (κ1) is 18.6. The highest BCUT2D eigenvalue weighted by Crippen LogP contribution is 2.25. The second-order valence-electron chi connectivity index (χ2n) is 5.45. The van der Waals surface area contributed by atoms with E-state index < -0.39 is 0 Å². The van der Waals surface area contributed by atoms with E-state index >= 15 is 0 Å². The standard InChI is InChI=1S/C18H19ClN2O4/c1-21(2)18(23)15-9-12(5-6-16(15)19)20-17(22)11-7-13(24-3)10-14(8-11)25-4/h5-10H,1-4H3,(H,20,22). The molecular formula is C18H19ClN2O4. The number of benzene rings is 2. The van der Waals surface area contributed by atoms with Crippen molar-refractivity contribution in [2.24, 2.45) is 0 Å². The number of hydrogen-bond acceptors (Lipinski definition) is 4. The van der Waals surface area contributed by atoms with Crippen molar-refractivity contribution >= 4 is 29.1 Å². The van der Waals surface area contributed by atoms with E-state index in [-0.39, 0.29) is 11.8 Å². The van der Waals surface area contributed by atoms with Crippen LogP contribution in [0.1, 0.15) is 20.7 Å². The molecular weight excluding hydrogens is 344 g/mol. The molecule has 0 aliphatic heterocycles. The van der Waals surface area contributed by atoms with Gasteiger partial charge in [0.1, 0.15) is 11.5 Å². The molecule has 0 heterocycles. The van der Waals surface area contributed by atoms with E-state index in [1.807, 2.05) is 0 Å². The fourth-order valence-corrected chi connectivity index (χ4v) is 2.35. The largest absolute Gasteiger partial charge is 0.497 e. The number of nitrogens with zero attached hydrogens (tertiary/aromatic N) is 1. The Morgan fingerprint density at radius 1 is 1.00 bits per heavy atom. The summed E-state index contributed by atoms with van der Waals surface area (Å²) < 4.78 is 10.3. The first-order valence-corrected chi connectivity index (χ1v) is 7.79. The third-order valence-corrected chi connectivity index (χ3v) is 3.80. The molecule has 0 atom stereocenters. The molecule has 0 spiro atoms. The SMILES string of the molecule is COc1cc(OC)cc(C(=O)Nc2ccc(Cl)c(C(=O)N(C)C)c2)c1. The van der Waals surface area contributed by atoms with Crippen LogP contribution in [0.5, 0.6) is 11.5 Å². The number of amides is 2. The molecule has 1 N–H and O–H groups in total. The number of hydrogen-bond donors (Lipinski definition) is 1. The summed E-state index contributed by atoms with van der Waals surface area (Å²) in [4.78, 5) is 26.1. The van der Waals surface area contributed by atoms with Gasteiger partial charge in [-0.3, -0.25) is 9.59 Å². The van der Waals surface area contributed by atoms with E-state index in [0.717, 1.165) is 0 Å². The number of halogens is 1. The van der Waals surface area contributed by atoms with Gasteiger partial charge in [-0.1, -0.05) is 11.6 Å². The predicted octanol–water partition coefficient (Wildman–Crippen LogP) is 3.31. The van der Waals surface area contributed by atoms with Crippen molar-refractivity contribution in [2.45, 2.75) is 0 Å². The highest BCUT2D eigenvalue weighted by atomic mass is 35.5. The van der Waals surface area contributed by atoms with E-state index in [0.29, 0.717) is 33.3 Å². The van der Waals surface area contributed by atoms with Crippen LogP contribution in [0.15, 0.2) is 36.4 Å². The summed E-state index contributed by atoms with van der Waals surface area (Å²) in [5, 5.41) is 3.06. The molecule has 25 heavy (non-hydrogen) atoms. The Bertz CT molecular complexity index is 783. The molecule has 6 nitrogen and oxygen atoms in total. The second kappa shape index (κ2) is 7.90. The lowest BCUT2D eigenvalue weighted by atomic mass is 10.1. The van der Waals surface area contributed by atoms with Gasteiger partial charge in [0.2, 0.25) is 0 Å². The zero-order valence-electron chi connectivity index (χ0n) is 14.4. The number of rotatable bonds is 5. The smallest absolute Gasteiger partial charge is 0.255 e. The Morgan fingerprint density at radius 3 is 2.12 bits per heavy atom. The van der Waals surface area contributed by atoms with Gasteiger partial charge in [0, 0.05) is 31.4 Å². The lowest BCUT2D eigenvalue weighted by molar-refractivity contribution is 0.0827. The molecule has 0 aliphatic rings. The first-order chi connectivity index (χ1) is 11.8. The summed E-state index contributed by atoms with van der Waals surface area (Å²) in [6.07, 6.45) is 0. The average molecular weight is 363 g/mol. The minimum absolute atomic E-state index is 0.246. The third kappa shape index (κ3) is 4.42. The van der Waals surface area contributed by atoms with Gasteiger partial charge in [0.15, 0.2) is 0 Å². The molecule has 2 aromatic carbocycles. The molecule has 132 valence electrons. The first-order valence-electron chi connectivity index (χ1n) is 7.41. The van der Waals surface area contributed by atoms with Crippen molar-refractivity contribution in [1.29, 1.82) is 0 Å². The Hall–Kier alpha value is -2.73. The van der Waals surface area contributed by atoms with E-state index in [9.17, 15) is 9.59 Å². The van der Waals surface area contributed by atoms with Gasteiger partial charge in [0.05, 0.1) is 24.8 Å². The number of carbonyl (C=O) groups excluding carboxylic acids is 2. The second-order valence-corrected chi connectivity index (χ2v) is 5.86. The summed E-state index contributed by atoms with van der Waals surface area (Å²) in [6, 6.07) is 9.61. The number of ether oxygens (including phenoxy) is 2. The van der Waals surface area contributed by atoms with Crippen molar-refractivity contribution in [3.8, 4) is 11.5 Å². The molecule has 0 bridgehead atoms. The van der Waals surface area contributed by atoms with Crippen molar-refractivity contribution < 1.29 is 19.1 Å². The molecule has 0 radical (unpaired) electrons. The van der Waals surface area contributed by atoms with Crippen LogP contribution in [0, 0.1) is 0 Å². The third-order valence-electron chi connectivity index (χ3n) is 3.47. The number of carbonyl (C=O) groups is 2. The minimum Gasteiger partial charge on any atom is -0.497 e. The molecule has 0 unspecified atom stereocenters. The Balaban J connectivity index is 2.29. The van der Waals surface area contributed by atoms with Crippen LogP contribution in [-0.4, -0.2) is 45.0 Å². The number of nitrogens with one attached hydrogen (secondary N) is 1. The zero-order valence-corrected chi connectivity index (χ0v) is 15.2. The molecule has 7 heteroatoms. The monoisotopic (exact) mass is 362 g/mol. The highest BCUT2D eigenvalue weighted by Gasteiger charge is 2.15. The Kier molecular flexibility index (Phi) is 5.88. The van der Waals surface area contributed by atoms with Crippen LogP contribution in [-0.2, 0) is 0 Å². The molecule has 2 rings (SSSR count). The molecule has 2 amide bonds. The van der Waals surface area contributed by atoms with Crippen LogP contribution in [0.25, 0.3) is 0 Å². The molecule has 0 saturated heterocycles. The van der Waals surface area contributed by atoms with Gasteiger partial charge in [0.25, 0.3) is 11.8 Å². The van der Waals surface area contributed by atoms with Crippen molar-refractivity contribution in [3.63, 3.8) is 0 Å². The van der Waals surface area contributed by atoms with E-state index in [4.69, 9.17) is 21.1 Å². The van der Waals surface area contributed by atoms with Gasteiger partial charge >= 0.3 is 0 Å². The average Bonchev–Trinajstić information content (AvgIpc) is 2.61. The minimum atomic E-state index is -0.359. The fraction of sp³-hybridized carbons (Fsp3) is 0.222. The molecule has 0 aromatic heterocycles. The molecule has 0 fully saturated rings. The summed E-state index contributed by atoms with van der Waals surface area (Å²) in [6.45, 7) is 0. The van der Waals surface area contributed by atoms with E-state index in [1.54, 1.807) is 50.5 Å². The van der Waals surface area contributed by atoms with Crippen molar-refractivity contribution in [1.82, 2.24) is 4.90 Å².